The highest BCUT2D eigenvalue weighted by Gasteiger charge is 2.68. The minimum absolute atomic E-state index is 0.118. The Balaban J connectivity index is 1.57. The van der Waals surface area contributed by atoms with Gasteiger partial charge in [0.15, 0.2) is 0 Å². The van der Waals surface area contributed by atoms with Crippen LogP contribution in [0.15, 0.2) is 42.0 Å². The van der Waals surface area contributed by atoms with E-state index in [-0.39, 0.29) is 52.4 Å². The van der Waals surface area contributed by atoms with Crippen LogP contribution in [0.25, 0.3) is 0 Å². The van der Waals surface area contributed by atoms with Crippen molar-refractivity contribution in [2.24, 2.45) is 29.1 Å². The number of carbonyl (C=O) groups excluding carboxylic acids is 4. The lowest BCUT2D eigenvalue weighted by Gasteiger charge is -2.49. The summed E-state index contributed by atoms with van der Waals surface area (Å²) in [6, 6.07) is 6.65. The maximum Gasteiger partial charge on any atom is 0.241 e. The Morgan fingerprint density at radius 3 is 2.32 bits per heavy atom. The minimum atomic E-state index is -1.44. The van der Waals surface area contributed by atoms with E-state index in [0.717, 1.165) is 11.0 Å². The third-order valence-electron chi connectivity index (χ3n) is 9.94. The molecule has 2 aromatic rings. The number of benzene rings is 2. The molecular formula is C33H34ClFN2O7. The van der Waals surface area contributed by atoms with Crippen molar-refractivity contribution < 1.29 is 38.1 Å². The lowest BCUT2D eigenvalue weighted by molar-refractivity contribution is -0.145. The van der Waals surface area contributed by atoms with Crippen molar-refractivity contribution in [2.45, 2.75) is 52.0 Å². The van der Waals surface area contributed by atoms with Gasteiger partial charge in [-0.15, -0.1) is 0 Å². The number of carbonyl (C=O) groups is 4. The van der Waals surface area contributed by atoms with E-state index in [9.17, 15) is 28.7 Å². The summed E-state index contributed by atoms with van der Waals surface area (Å²) >= 11 is 6.06. The Labute approximate surface area is 259 Å². The summed E-state index contributed by atoms with van der Waals surface area (Å²) in [7, 11) is 2.87. The highest BCUT2D eigenvalue weighted by Crippen LogP contribution is 2.65. The number of hydrogen-bond acceptors (Lipinski definition) is 7. The Bertz CT molecular complexity index is 1670. The van der Waals surface area contributed by atoms with Gasteiger partial charge in [0.25, 0.3) is 0 Å². The first-order valence-electron chi connectivity index (χ1n) is 14.5. The van der Waals surface area contributed by atoms with Gasteiger partial charge in [0.05, 0.1) is 48.1 Å². The van der Waals surface area contributed by atoms with Crippen molar-refractivity contribution in [3.8, 4) is 17.2 Å². The van der Waals surface area contributed by atoms with Crippen LogP contribution in [0.3, 0.4) is 0 Å². The summed E-state index contributed by atoms with van der Waals surface area (Å²) in [5.41, 5.74) is -1.10. The van der Waals surface area contributed by atoms with E-state index in [1.807, 2.05) is 6.08 Å². The molecule has 0 spiro atoms. The number of likely N-dealkylation sites (tertiary alicyclic amines) is 1. The lowest BCUT2D eigenvalue weighted by Crippen LogP contribution is -2.49. The predicted molar refractivity (Wildman–Crippen MR) is 159 cm³/mol. The zero-order chi connectivity index (χ0) is 32.0. The number of phenolic OH excluding ortho intramolecular Hbond substituents is 1. The molecule has 2 aliphatic heterocycles. The third-order valence-corrected chi connectivity index (χ3v) is 10.2. The molecule has 4 amide bonds. The maximum absolute atomic E-state index is 14.6. The first kappa shape index (κ1) is 30.1. The van der Waals surface area contributed by atoms with Gasteiger partial charge in [-0.1, -0.05) is 23.3 Å². The fourth-order valence-electron chi connectivity index (χ4n) is 8.02. The van der Waals surface area contributed by atoms with Crippen LogP contribution in [0.2, 0.25) is 5.02 Å². The van der Waals surface area contributed by atoms with Gasteiger partial charge in [-0.05, 0) is 64.7 Å². The topological polar surface area (TPSA) is 113 Å². The molecule has 3 fully saturated rings. The number of phenols is 1. The predicted octanol–water partition coefficient (Wildman–Crippen LogP) is 5.23. The summed E-state index contributed by atoms with van der Waals surface area (Å²) < 4.78 is 25.2. The average Bonchev–Trinajstić information content (AvgIpc) is 3.34. The smallest absolute Gasteiger partial charge is 0.241 e. The van der Waals surface area contributed by atoms with E-state index in [1.54, 1.807) is 33.8 Å². The van der Waals surface area contributed by atoms with Crippen LogP contribution >= 0.6 is 11.6 Å². The Morgan fingerprint density at radius 2 is 1.70 bits per heavy atom. The Hall–Kier alpha value is -3.92. The van der Waals surface area contributed by atoms with E-state index < -0.39 is 58.2 Å². The fraction of sp³-hybridized carbons (Fsp3) is 0.455. The molecule has 0 unspecified atom stereocenters. The van der Waals surface area contributed by atoms with Crippen molar-refractivity contribution in [1.82, 2.24) is 4.90 Å². The second-order valence-electron chi connectivity index (χ2n) is 13.2. The normalized spacial score (nSPS) is 29.8. The largest absolute Gasteiger partial charge is 0.507 e. The van der Waals surface area contributed by atoms with Crippen LogP contribution < -0.4 is 14.4 Å². The number of nitrogens with zero attached hydrogens (tertiary/aromatic N) is 2. The number of anilines is 1. The molecule has 6 rings (SSSR count). The number of allylic oxidation sites excluding steroid dienone is 2. The first-order valence-corrected chi connectivity index (χ1v) is 14.9. The van der Waals surface area contributed by atoms with Crippen molar-refractivity contribution >= 4 is 40.9 Å². The zero-order valence-electron chi connectivity index (χ0n) is 25.3. The molecule has 1 saturated carbocycles. The number of methoxy groups -OCH3 is 2. The van der Waals surface area contributed by atoms with E-state index in [1.165, 1.54) is 37.3 Å². The fourth-order valence-corrected chi connectivity index (χ4v) is 8.19. The number of aromatic hydroxyl groups is 1. The molecule has 2 aliphatic carbocycles. The zero-order valence-corrected chi connectivity index (χ0v) is 26.1. The van der Waals surface area contributed by atoms with Gasteiger partial charge in [-0.3, -0.25) is 24.1 Å². The highest BCUT2D eigenvalue weighted by atomic mass is 35.5. The Kier molecular flexibility index (Phi) is 6.88. The number of amides is 4. The standard InChI is InChI=1S/C33H34ClFN2O7/c1-32(2,3)37-28(39)18-9-8-17-19(25(18)30(37)41)14-20-29(40)36(15-7-10-22(35)21(34)11-15)31(42)33(20,4)27(17)26-23(38)12-16(43-5)13-24(26)44-6/h7-8,10-13,18-20,25,27,38H,9,14H2,1-6H3/t18-,19+,20-,25-,27+,33+/m0/s1. The second-order valence-corrected chi connectivity index (χ2v) is 13.6. The molecule has 232 valence electrons. The summed E-state index contributed by atoms with van der Waals surface area (Å²) in [5.74, 6) is -5.74. The van der Waals surface area contributed by atoms with Crippen LogP contribution in [0, 0.1) is 34.9 Å². The van der Waals surface area contributed by atoms with E-state index in [2.05, 4.69) is 0 Å². The van der Waals surface area contributed by atoms with Gasteiger partial charge in [-0.25, -0.2) is 9.29 Å². The van der Waals surface area contributed by atoms with Crippen LogP contribution in [-0.4, -0.2) is 53.4 Å². The first-order chi connectivity index (χ1) is 20.7. The molecule has 2 saturated heterocycles. The quantitative estimate of drug-likeness (QED) is 0.366. The number of halogens is 2. The SMILES string of the molecule is COc1cc(O)c([C@H]2C3=CC[C@@H]4C(=O)N(C(C)(C)C)C(=O)[C@@H]4[C@@H]3C[C@H]3C(=O)N(c4ccc(F)c(Cl)c4)C(=O)[C@@]23C)c(OC)c1. The molecule has 0 radical (unpaired) electrons. The van der Waals surface area contributed by atoms with Crippen LogP contribution in [0.5, 0.6) is 17.2 Å². The number of ether oxygens (including phenoxy) is 2. The minimum Gasteiger partial charge on any atom is -0.507 e. The molecule has 1 N–H and O–H groups in total. The van der Waals surface area contributed by atoms with Gasteiger partial charge in [0, 0.05) is 29.2 Å². The van der Waals surface area contributed by atoms with Gasteiger partial charge < -0.3 is 14.6 Å². The highest BCUT2D eigenvalue weighted by molar-refractivity contribution is 6.31. The number of hydrogen-bond donors (Lipinski definition) is 1. The summed E-state index contributed by atoms with van der Waals surface area (Å²) in [6.07, 6.45) is 2.30. The Morgan fingerprint density at radius 1 is 1.00 bits per heavy atom. The maximum atomic E-state index is 14.6. The summed E-state index contributed by atoms with van der Waals surface area (Å²) in [5, 5.41) is 11.2. The number of rotatable bonds is 4. The molecule has 0 aromatic heterocycles. The van der Waals surface area contributed by atoms with Crippen LogP contribution in [0.4, 0.5) is 10.1 Å². The molecule has 44 heavy (non-hydrogen) atoms. The van der Waals surface area contributed by atoms with Gasteiger partial charge >= 0.3 is 0 Å². The summed E-state index contributed by atoms with van der Waals surface area (Å²) in [4.78, 5) is 58.8. The van der Waals surface area contributed by atoms with Gasteiger partial charge in [0.1, 0.15) is 23.1 Å². The number of fused-ring (bicyclic) bond motifs is 4. The number of imide groups is 2. The van der Waals surface area contributed by atoms with E-state index >= 15 is 0 Å². The van der Waals surface area contributed by atoms with Crippen molar-refractivity contribution in [2.75, 3.05) is 19.1 Å². The van der Waals surface area contributed by atoms with Gasteiger partial charge in [0.2, 0.25) is 23.6 Å². The molecule has 2 heterocycles. The molecule has 2 aromatic carbocycles. The van der Waals surface area contributed by atoms with E-state index in [4.69, 9.17) is 21.1 Å². The molecule has 9 nitrogen and oxygen atoms in total. The molecule has 6 atom stereocenters. The van der Waals surface area contributed by atoms with Crippen molar-refractivity contribution in [3.63, 3.8) is 0 Å². The van der Waals surface area contributed by atoms with Crippen LogP contribution in [-0.2, 0) is 19.2 Å². The van der Waals surface area contributed by atoms with Crippen LogP contribution in [0.1, 0.15) is 52.0 Å². The molecule has 11 heteroatoms. The van der Waals surface area contributed by atoms with E-state index in [0.29, 0.717) is 11.3 Å². The monoisotopic (exact) mass is 624 g/mol. The lowest BCUT2D eigenvalue weighted by atomic mass is 9.51. The summed E-state index contributed by atoms with van der Waals surface area (Å²) in [6.45, 7) is 7.10. The van der Waals surface area contributed by atoms with Gasteiger partial charge in [-0.2, -0.15) is 0 Å². The second kappa shape index (κ2) is 10.1. The van der Waals surface area contributed by atoms with Crippen molar-refractivity contribution in [3.05, 3.63) is 58.4 Å². The average molecular weight is 625 g/mol. The van der Waals surface area contributed by atoms with Crippen molar-refractivity contribution in [1.29, 1.82) is 0 Å². The molecule has 4 aliphatic rings. The molecular weight excluding hydrogens is 591 g/mol. The third kappa shape index (κ3) is 4.02. The molecule has 0 bridgehead atoms.